The summed E-state index contributed by atoms with van der Waals surface area (Å²) in [6, 6.07) is 13.8. The van der Waals surface area contributed by atoms with Gasteiger partial charge in [-0.15, -0.1) is 0 Å². The zero-order chi connectivity index (χ0) is 21.4. The fourth-order valence-electron chi connectivity index (χ4n) is 2.91. The van der Waals surface area contributed by atoms with Crippen molar-refractivity contribution in [2.75, 3.05) is 32.1 Å². The number of ether oxygens (including phenoxy) is 1. The fourth-order valence-corrected chi connectivity index (χ4v) is 4.37. The fraction of sp³-hybridized carbons (Fsp3) is 0.381. The van der Waals surface area contributed by atoms with Crippen molar-refractivity contribution in [3.8, 4) is 5.75 Å². The predicted molar refractivity (Wildman–Crippen MR) is 115 cm³/mol. The van der Waals surface area contributed by atoms with Crippen LogP contribution in [0.3, 0.4) is 0 Å². The van der Waals surface area contributed by atoms with Crippen molar-refractivity contribution in [3.05, 3.63) is 54.1 Å². The second-order valence-corrected chi connectivity index (χ2v) is 8.48. The number of hydrogen-bond acceptors (Lipinski definition) is 5. The first-order chi connectivity index (χ1) is 13.8. The Labute approximate surface area is 173 Å². The monoisotopic (exact) mass is 419 g/mol. The van der Waals surface area contributed by atoms with E-state index in [0.717, 1.165) is 5.56 Å². The van der Waals surface area contributed by atoms with Crippen LogP contribution < -0.4 is 15.4 Å². The first kappa shape index (κ1) is 22.9. The molecule has 2 N–H and O–H groups in total. The standard InChI is InChI=1S/C21H29N3O4S/c1-5-24(6-2)29(26,27)20-12-10-17(11-13-20)16(3)22-15-21(25)23-18-8-7-9-19(14-18)28-4/h7-14,16,22H,5-6,15H2,1-4H3,(H,23,25)/t16-/m1/s1. The molecule has 0 aliphatic rings. The van der Waals surface area contributed by atoms with Gasteiger partial charge in [-0.05, 0) is 36.8 Å². The van der Waals surface area contributed by atoms with E-state index in [0.29, 0.717) is 24.5 Å². The Morgan fingerprint density at radius 3 is 2.34 bits per heavy atom. The minimum atomic E-state index is -3.47. The lowest BCUT2D eigenvalue weighted by Gasteiger charge is -2.19. The highest BCUT2D eigenvalue weighted by atomic mass is 32.2. The summed E-state index contributed by atoms with van der Waals surface area (Å²) in [5.74, 6) is 0.495. The SMILES string of the molecule is CCN(CC)S(=O)(=O)c1ccc([C@@H](C)NCC(=O)Nc2cccc(OC)c2)cc1. The second kappa shape index (κ2) is 10.4. The van der Waals surface area contributed by atoms with Crippen LogP contribution in [-0.4, -0.2) is 45.4 Å². The summed E-state index contributed by atoms with van der Waals surface area (Å²) in [4.78, 5) is 12.4. The van der Waals surface area contributed by atoms with Gasteiger partial charge in [0.25, 0.3) is 0 Å². The molecule has 0 unspecified atom stereocenters. The summed E-state index contributed by atoms with van der Waals surface area (Å²) in [6.45, 7) is 6.54. The van der Waals surface area contributed by atoms with Crippen LogP contribution in [0.15, 0.2) is 53.4 Å². The number of hydrogen-bond donors (Lipinski definition) is 2. The summed E-state index contributed by atoms with van der Waals surface area (Å²) in [5, 5.41) is 5.96. The highest BCUT2D eigenvalue weighted by Gasteiger charge is 2.21. The molecule has 0 aliphatic heterocycles. The summed E-state index contributed by atoms with van der Waals surface area (Å²) in [6.07, 6.45) is 0. The number of nitrogens with zero attached hydrogens (tertiary/aromatic N) is 1. The lowest BCUT2D eigenvalue weighted by Crippen LogP contribution is -2.31. The molecule has 0 heterocycles. The van der Waals surface area contributed by atoms with Gasteiger partial charge in [-0.2, -0.15) is 4.31 Å². The van der Waals surface area contributed by atoms with Gasteiger partial charge in [-0.25, -0.2) is 8.42 Å². The molecule has 0 aromatic heterocycles. The van der Waals surface area contributed by atoms with Crippen molar-refractivity contribution in [1.82, 2.24) is 9.62 Å². The molecule has 2 aromatic rings. The molecule has 158 valence electrons. The van der Waals surface area contributed by atoms with E-state index in [4.69, 9.17) is 4.74 Å². The molecule has 1 amide bonds. The normalized spacial score (nSPS) is 12.6. The van der Waals surface area contributed by atoms with Crippen LogP contribution in [0.5, 0.6) is 5.75 Å². The molecular formula is C21H29N3O4S. The van der Waals surface area contributed by atoms with E-state index >= 15 is 0 Å². The van der Waals surface area contributed by atoms with Gasteiger partial charge < -0.3 is 15.4 Å². The zero-order valence-corrected chi connectivity index (χ0v) is 18.1. The van der Waals surface area contributed by atoms with Crippen LogP contribution in [-0.2, 0) is 14.8 Å². The number of anilines is 1. The van der Waals surface area contributed by atoms with E-state index in [-0.39, 0.29) is 23.4 Å². The van der Waals surface area contributed by atoms with Gasteiger partial charge in [0.1, 0.15) is 5.75 Å². The van der Waals surface area contributed by atoms with E-state index in [1.165, 1.54) is 4.31 Å². The Bertz CT molecular complexity index is 910. The van der Waals surface area contributed by atoms with Crippen LogP contribution in [0.4, 0.5) is 5.69 Å². The molecule has 0 saturated carbocycles. The van der Waals surface area contributed by atoms with E-state index in [1.54, 1.807) is 55.6 Å². The first-order valence-corrected chi connectivity index (χ1v) is 11.0. The number of amides is 1. The zero-order valence-electron chi connectivity index (χ0n) is 17.3. The molecule has 0 saturated heterocycles. The highest BCUT2D eigenvalue weighted by Crippen LogP contribution is 2.20. The van der Waals surface area contributed by atoms with Crippen LogP contribution in [0.25, 0.3) is 0 Å². The third kappa shape index (κ3) is 6.03. The quantitative estimate of drug-likeness (QED) is 0.618. The van der Waals surface area contributed by atoms with E-state index in [2.05, 4.69) is 10.6 Å². The lowest BCUT2D eigenvalue weighted by molar-refractivity contribution is -0.115. The Morgan fingerprint density at radius 2 is 1.76 bits per heavy atom. The minimum absolute atomic E-state index is 0.115. The summed E-state index contributed by atoms with van der Waals surface area (Å²) in [7, 11) is -1.90. The molecular weight excluding hydrogens is 390 g/mol. The molecule has 7 nitrogen and oxygen atoms in total. The maximum Gasteiger partial charge on any atom is 0.243 e. The van der Waals surface area contributed by atoms with Crippen molar-refractivity contribution in [1.29, 1.82) is 0 Å². The molecule has 2 aromatic carbocycles. The van der Waals surface area contributed by atoms with Gasteiger partial charge in [0, 0.05) is 30.9 Å². The number of sulfonamides is 1. The molecule has 0 radical (unpaired) electrons. The van der Waals surface area contributed by atoms with E-state index in [1.807, 2.05) is 20.8 Å². The lowest BCUT2D eigenvalue weighted by atomic mass is 10.1. The molecule has 29 heavy (non-hydrogen) atoms. The van der Waals surface area contributed by atoms with E-state index in [9.17, 15) is 13.2 Å². The van der Waals surface area contributed by atoms with Crippen LogP contribution in [0.2, 0.25) is 0 Å². The number of methoxy groups -OCH3 is 1. The number of carbonyl (C=O) groups excluding carboxylic acids is 1. The summed E-state index contributed by atoms with van der Waals surface area (Å²) >= 11 is 0. The van der Waals surface area contributed by atoms with Crippen molar-refractivity contribution in [2.45, 2.75) is 31.7 Å². The Morgan fingerprint density at radius 1 is 1.10 bits per heavy atom. The Hall–Kier alpha value is -2.42. The van der Waals surface area contributed by atoms with Gasteiger partial charge in [-0.1, -0.05) is 32.0 Å². The maximum absolute atomic E-state index is 12.6. The summed E-state index contributed by atoms with van der Waals surface area (Å²) < 4.78 is 31.7. The van der Waals surface area contributed by atoms with Crippen molar-refractivity contribution >= 4 is 21.6 Å². The average Bonchev–Trinajstić information content (AvgIpc) is 2.73. The predicted octanol–water partition coefficient (Wildman–Crippen LogP) is 3.02. The average molecular weight is 420 g/mol. The molecule has 0 fully saturated rings. The largest absolute Gasteiger partial charge is 0.497 e. The van der Waals surface area contributed by atoms with Crippen molar-refractivity contribution in [2.24, 2.45) is 0 Å². The molecule has 0 aliphatic carbocycles. The number of nitrogens with one attached hydrogen (secondary N) is 2. The second-order valence-electron chi connectivity index (χ2n) is 6.54. The Kier molecular flexibility index (Phi) is 8.19. The molecule has 2 rings (SSSR count). The highest BCUT2D eigenvalue weighted by molar-refractivity contribution is 7.89. The van der Waals surface area contributed by atoms with Gasteiger partial charge in [0.15, 0.2) is 0 Å². The molecule has 0 bridgehead atoms. The number of benzene rings is 2. The van der Waals surface area contributed by atoms with Gasteiger partial charge in [-0.3, -0.25) is 4.79 Å². The minimum Gasteiger partial charge on any atom is -0.497 e. The molecule has 1 atom stereocenters. The van der Waals surface area contributed by atoms with Crippen LogP contribution in [0, 0.1) is 0 Å². The van der Waals surface area contributed by atoms with Crippen molar-refractivity contribution < 1.29 is 17.9 Å². The summed E-state index contributed by atoms with van der Waals surface area (Å²) in [5.41, 5.74) is 1.56. The third-order valence-electron chi connectivity index (χ3n) is 4.65. The van der Waals surface area contributed by atoms with Crippen LogP contribution >= 0.6 is 0 Å². The third-order valence-corrected chi connectivity index (χ3v) is 6.71. The topological polar surface area (TPSA) is 87.7 Å². The van der Waals surface area contributed by atoms with Gasteiger partial charge in [0.05, 0.1) is 18.6 Å². The molecule has 8 heteroatoms. The Balaban J connectivity index is 1.95. The van der Waals surface area contributed by atoms with Gasteiger partial charge in [0.2, 0.25) is 15.9 Å². The van der Waals surface area contributed by atoms with Crippen molar-refractivity contribution in [3.63, 3.8) is 0 Å². The number of carbonyl (C=O) groups is 1. The molecule has 0 spiro atoms. The first-order valence-electron chi connectivity index (χ1n) is 9.59. The van der Waals surface area contributed by atoms with Gasteiger partial charge >= 0.3 is 0 Å². The smallest absolute Gasteiger partial charge is 0.243 e. The van der Waals surface area contributed by atoms with E-state index < -0.39 is 10.0 Å². The number of rotatable bonds is 10. The maximum atomic E-state index is 12.6. The van der Waals surface area contributed by atoms with Crippen LogP contribution in [0.1, 0.15) is 32.4 Å².